The zero-order valence-corrected chi connectivity index (χ0v) is 11.8. The van der Waals surface area contributed by atoms with Crippen molar-refractivity contribution in [3.05, 3.63) is 24.3 Å². The Labute approximate surface area is 114 Å². The summed E-state index contributed by atoms with van der Waals surface area (Å²) < 4.78 is 5.49. The highest BCUT2D eigenvalue weighted by atomic mass is 32.2. The number of unbranched alkanes of at least 4 members (excludes halogenated alkanes) is 2. The first-order chi connectivity index (χ1) is 8.74. The number of nitrogens with two attached hydrogens (primary N) is 1. The Morgan fingerprint density at radius 1 is 1.33 bits per heavy atom. The van der Waals surface area contributed by atoms with E-state index in [9.17, 15) is 5.11 Å². The molecule has 0 saturated carbocycles. The Bertz CT molecular complexity index is 333. The average Bonchev–Trinajstić information content (AvgIpc) is 2.37. The van der Waals surface area contributed by atoms with Gasteiger partial charge in [0.2, 0.25) is 0 Å². The monoisotopic (exact) mass is 269 g/mol. The largest absolute Gasteiger partial charge is 0.489 e. The number of para-hydroxylation sites is 2. The van der Waals surface area contributed by atoms with Crippen LogP contribution < -0.4 is 10.5 Å². The van der Waals surface area contributed by atoms with Crippen LogP contribution in [0.15, 0.2) is 24.3 Å². The molecule has 102 valence electrons. The van der Waals surface area contributed by atoms with Gasteiger partial charge in [-0.25, -0.2) is 0 Å². The minimum absolute atomic E-state index is 0.301. The van der Waals surface area contributed by atoms with Crippen LogP contribution in [0.1, 0.15) is 26.2 Å². The van der Waals surface area contributed by atoms with Gasteiger partial charge in [0, 0.05) is 5.75 Å². The van der Waals surface area contributed by atoms with E-state index in [4.69, 9.17) is 10.5 Å². The molecule has 3 N–H and O–H groups in total. The van der Waals surface area contributed by atoms with Gasteiger partial charge in [-0.05, 0) is 24.3 Å². The summed E-state index contributed by atoms with van der Waals surface area (Å²) in [6, 6.07) is 7.34. The van der Waals surface area contributed by atoms with E-state index in [1.165, 1.54) is 19.3 Å². The van der Waals surface area contributed by atoms with E-state index in [-0.39, 0.29) is 0 Å². The second kappa shape index (κ2) is 9.11. The third-order valence-corrected chi connectivity index (χ3v) is 3.75. The lowest BCUT2D eigenvalue weighted by Gasteiger charge is -2.13. The molecule has 0 aliphatic heterocycles. The summed E-state index contributed by atoms with van der Waals surface area (Å²) in [7, 11) is 0. The normalized spacial score (nSPS) is 12.3. The number of hydrogen-bond donors (Lipinski definition) is 2. The van der Waals surface area contributed by atoms with Crippen LogP contribution in [0.3, 0.4) is 0 Å². The molecule has 18 heavy (non-hydrogen) atoms. The summed E-state index contributed by atoms with van der Waals surface area (Å²) in [5.41, 5.74) is 6.36. The first kappa shape index (κ1) is 15.2. The second-order valence-corrected chi connectivity index (χ2v) is 5.43. The summed E-state index contributed by atoms with van der Waals surface area (Å²) in [6.45, 7) is 2.49. The van der Waals surface area contributed by atoms with Crippen LogP contribution in [0.5, 0.6) is 5.75 Å². The molecule has 0 amide bonds. The smallest absolute Gasteiger partial charge is 0.142 e. The van der Waals surface area contributed by atoms with Gasteiger partial charge in [0.1, 0.15) is 12.4 Å². The van der Waals surface area contributed by atoms with Crippen LogP contribution in [0.25, 0.3) is 0 Å². The summed E-state index contributed by atoms with van der Waals surface area (Å²) in [6.07, 6.45) is 3.29. The first-order valence-electron chi connectivity index (χ1n) is 6.47. The maximum atomic E-state index is 9.77. The predicted octanol–water partition coefficient (Wildman–Crippen LogP) is 2.93. The molecule has 0 aliphatic carbocycles. The minimum atomic E-state index is -0.434. The van der Waals surface area contributed by atoms with Crippen molar-refractivity contribution in [2.75, 3.05) is 23.8 Å². The fourth-order valence-electron chi connectivity index (χ4n) is 1.52. The molecule has 1 rings (SSSR count). The molecule has 1 unspecified atom stereocenters. The molecule has 0 aliphatic rings. The fourth-order valence-corrected chi connectivity index (χ4v) is 2.46. The van der Waals surface area contributed by atoms with Crippen molar-refractivity contribution >= 4 is 17.4 Å². The van der Waals surface area contributed by atoms with E-state index in [2.05, 4.69) is 6.92 Å². The van der Waals surface area contributed by atoms with E-state index in [0.29, 0.717) is 18.0 Å². The first-order valence-corrected chi connectivity index (χ1v) is 7.62. The molecular weight excluding hydrogens is 246 g/mol. The highest BCUT2D eigenvalue weighted by molar-refractivity contribution is 7.99. The van der Waals surface area contributed by atoms with Crippen molar-refractivity contribution in [2.45, 2.75) is 32.3 Å². The Kier molecular flexibility index (Phi) is 7.69. The number of thioether (sulfide) groups is 1. The Hall–Kier alpha value is -0.870. The number of ether oxygens (including phenoxy) is 1. The SMILES string of the molecule is CCCCCSCC(O)COc1ccccc1N. The molecule has 3 nitrogen and oxygen atoms in total. The Balaban J connectivity index is 2.13. The predicted molar refractivity (Wildman–Crippen MR) is 79.2 cm³/mol. The maximum absolute atomic E-state index is 9.77. The second-order valence-electron chi connectivity index (χ2n) is 4.28. The third-order valence-electron chi connectivity index (χ3n) is 2.55. The highest BCUT2D eigenvalue weighted by Crippen LogP contribution is 2.20. The van der Waals surface area contributed by atoms with Crippen molar-refractivity contribution in [3.63, 3.8) is 0 Å². The van der Waals surface area contributed by atoms with Gasteiger partial charge in [-0.1, -0.05) is 31.9 Å². The van der Waals surface area contributed by atoms with E-state index in [1.807, 2.05) is 18.2 Å². The molecule has 4 heteroatoms. The number of hydrogen-bond acceptors (Lipinski definition) is 4. The van der Waals surface area contributed by atoms with Crippen LogP contribution >= 0.6 is 11.8 Å². The highest BCUT2D eigenvalue weighted by Gasteiger charge is 2.06. The van der Waals surface area contributed by atoms with Crippen LogP contribution in [0, 0.1) is 0 Å². The molecule has 0 spiro atoms. The molecule has 1 aromatic rings. The molecule has 1 atom stereocenters. The number of anilines is 1. The Morgan fingerprint density at radius 2 is 2.11 bits per heavy atom. The standard InChI is InChI=1S/C14H23NO2S/c1-2-3-6-9-18-11-12(16)10-17-14-8-5-4-7-13(14)15/h4-5,7-8,12,16H,2-3,6,9-11,15H2,1H3. The van der Waals surface area contributed by atoms with E-state index >= 15 is 0 Å². The van der Waals surface area contributed by atoms with Crippen molar-refractivity contribution < 1.29 is 9.84 Å². The average molecular weight is 269 g/mol. The van der Waals surface area contributed by atoms with Crippen LogP contribution in [-0.2, 0) is 0 Å². The van der Waals surface area contributed by atoms with Crippen LogP contribution in [0.2, 0.25) is 0 Å². The van der Waals surface area contributed by atoms with Gasteiger partial charge in [-0.15, -0.1) is 0 Å². The van der Waals surface area contributed by atoms with E-state index in [1.54, 1.807) is 17.8 Å². The maximum Gasteiger partial charge on any atom is 0.142 e. The van der Waals surface area contributed by atoms with E-state index < -0.39 is 6.10 Å². The molecule has 0 radical (unpaired) electrons. The topological polar surface area (TPSA) is 55.5 Å². The van der Waals surface area contributed by atoms with E-state index in [0.717, 1.165) is 11.5 Å². The number of rotatable bonds is 9. The lowest BCUT2D eigenvalue weighted by Crippen LogP contribution is -2.20. The number of benzene rings is 1. The minimum Gasteiger partial charge on any atom is -0.489 e. The summed E-state index contributed by atoms with van der Waals surface area (Å²) in [4.78, 5) is 0. The number of aliphatic hydroxyl groups excluding tert-OH is 1. The van der Waals surface area contributed by atoms with Gasteiger partial charge in [-0.2, -0.15) is 11.8 Å². The molecule has 0 fully saturated rings. The van der Waals surface area contributed by atoms with Crippen molar-refractivity contribution in [1.29, 1.82) is 0 Å². The quantitative estimate of drug-likeness (QED) is 0.534. The fraction of sp³-hybridized carbons (Fsp3) is 0.571. The van der Waals surface area contributed by atoms with Gasteiger partial charge in [-0.3, -0.25) is 0 Å². The molecule has 0 aromatic heterocycles. The zero-order valence-electron chi connectivity index (χ0n) is 11.0. The summed E-state index contributed by atoms with van der Waals surface area (Å²) >= 11 is 1.78. The summed E-state index contributed by atoms with van der Waals surface area (Å²) in [5.74, 6) is 2.47. The van der Waals surface area contributed by atoms with Gasteiger partial charge in [0.15, 0.2) is 0 Å². The van der Waals surface area contributed by atoms with Crippen molar-refractivity contribution in [3.8, 4) is 5.75 Å². The van der Waals surface area contributed by atoms with Gasteiger partial charge in [0.25, 0.3) is 0 Å². The number of nitrogen functional groups attached to an aromatic ring is 1. The van der Waals surface area contributed by atoms with Crippen LogP contribution in [-0.4, -0.2) is 29.3 Å². The molecule has 0 saturated heterocycles. The lowest BCUT2D eigenvalue weighted by atomic mass is 10.3. The van der Waals surface area contributed by atoms with Gasteiger partial charge >= 0.3 is 0 Å². The van der Waals surface area contributed by atoms with Crippen molar-refractivity contribution in [1.82, 2.24) is 0 Å². The molecule has 1 aromatic carbocycles. The molecule has 0 bridgehead atoms. The molecule has 0 heterocycles. The molecular formula is C14H23NO2S. The lowest BCUT2D eigenvalue weighted by molar-refractivity contribution is 0.127. The van der Waals surface area contributed by atoms with Gasteiger partial charge in [0.05, 0.1) is 11.8 Å². The third kappa shape index (κ3) is 6.17. The van der Waals surface area contributed by atoms with Crippen LogP contribution in [0.4, 0.5) is 5.69 Å². The number of aliphatic hydroxyl groups is 1. The summed E-state index contributed by atoms with van der Waals surface area (Å²) in [5, 5.41) is 9.77. The van der Waals surface area contributed by atoms with Crippen molar-refractivity contribution in [2.24, 2.45) is 0 Å². The Morgan fingerprint density at radius 3 is 2.83 bits per heavy atom. The zero-order chi connectivity index (χ0) is 13.2. The van der Waals surface area contributed by atoms with Gasteiger partial charge < -0.3 is 15.6 Å².